The maximum atomic E-state index is 13.9. The molecule has 0 aliphatic rings. The third kappa shape index (κ3) is 3.12. The summed E-state index contributed by atoms with van der Waals surface area (Å²) in [4.78, 5) is 0. The van der Waals surface area contributed by atoms with E-state index in [0.29, 0.717) is 6.54 Å². The number of hydrogen-bond acceptors (Lipinski definition) is 4. The SMILES string of the molecule is Fc1cc(Cn2nccc2-c2ccc3nnn(-c4ccc5cn[nH]c5c4)c3c2)ccc1Cl. The Balaban J connectivity index is 1.41. The number of aromatic amines is 1. The first-order valence-corrected chi connectivity index (χ1v) is 10.3. The first-order valence-electron chi connectivity index (χ1n) is 9.91. The molecule has 3 aromatic carbocycles. The van der Waals surface area contributed by atoms with Gasteiger partial charge in [0.2, 0.25) is 0 Å². The number of rotatable bonds is 4. The van der Waals surface area contributed by atoms with Crippen LogP contribution in [0.3, 0.4) is 0 Å². The smallest absolute Gasteiger partial charge is 0.142 e. The Hall–Kier alpha value is -4.04. The highest BCUT2D eigenvalue weighted by Crippen LogP contribution is 2.27. The molecule has 0 amide bonds. The number of hydrogen-bond donors (Lipinski definition) is 1. The molecule has 156 valence electrons. The molecule has 0 fully saturated rings. The van der Waals surface area contributed by atoms with Gasteiger partial charge in [0, 0.05) is 17.1 Å². The van der Waals surface area contributed by atoms with Gasteiger partial charge in [-0.2, -0.15) is 10.2 Å². The second kappa shape index (κ2) is 7.28. The molecule has 0 spiro atoms. The van der Waals surface area contributed by atoms with Gasteiger partial charge in [-0.25, -0.2) is 9.07 Å². The van der Waals surface area contributed by atoms with Gasteiger partial charge in [0.15, 0.2) is 0 Å². The summed E-state index contributed by atoms with van der Waals surface area (Å²) >= 11 is 5.81. The lowest BCUT2D eigenvalue weighted by molar-refractivity contribution is 0.620. The van der Waals surface area contributed by atoms with Gasteiger partial charge in [-0.3, -0.25) is 9.78 Å². The quantitative estimate of drug-likeness (QED) is 0.416. The summed E-state index contributed by atoms with van der Waals surface area (Å²) in [6.07, 6.45) is 3.51. The van der Waals surface area contributed by atoms with E-state index >= 15 is 0 Å². The topological polar surface area (TPSA) is 77.2 Å². The average molecular weight is 444 g/mol. The molecule has 0 saturated heterocycles. The van der Waals surface area contributed by atoms with Crippen molar-refractivity contribution in [3.8, 4) is 16.9 Å². The monoisotopic (exact) mass is 443 g/mol. The van der Waals surface area contributed by atoms with Crippen LogP contribution in [0.15, 0.2) is 73.1 Å². The van der Waals surface area contributed by atoms with E-state index in [0.717, 1.165) is 44.4 Å². The number of nitrogens with zero attached hydrogens (tertiary/aromatic N) is 6. The van der Waals surface area contributed by atoms with Crippen molar-refractivity contribution in [2.24, 2.45) is 0 Å². The van der Waals surface area contributed by atoms with E-state index in [2.05, 4.69) is 25.6 Å². The number of nitrogens with one attached hydrogen (secondary N) is 1. The summed E-state index contributed by atoms with van der Waals surface area (Å²) in [5.41, 5.74) is 6.09. The minimum absolute atomic E-state index is 0.106. The van der Waals surface area contributed by atoms with Gasteiger partial charge in [0.25, 0.3) is 0 Å². The Bertz CT molecular complexity index is 1600. The van der Waals surface area contributed by atoms with Gasteiger partial charge in [-0.05, 0) is 54.1 Å². The summed E-state index contributed by atoms with van der Waals surface area (Å²) < 4.78 is 17.5. The fourth-order valence-corrected chi connectivity index (χ4v) is 3.96. The van der Waals surface area contributed by atoms with Crippen LogP contribution in [0.1, 0.15) is 5.56 Å². The molecule has 1 N–H and O–H groups in total. The van der Waals surface area contributed by atoms with E-state index in [1.807, 2.05) is 47.1 Å². The van der Waals surface area contributed by atoms with Gasteiger partial charge >= 0.3 is 0 Å². The molecule has 0 bridgehead atoms. The van der Waals surface area contributed by atoms with Crippen LogP contribution in [-0.4, -0.2) is 35.0 Å². The third-order valence-corrected chi connectivity index (χ3v) is 5.75. The van der Waals surface area contributed by atoms with Crippen molar-refractivity contribution in [2.75, 3.05) is 0 Å². The maximum Gasteiger partial charge on any atom is 0.142 e. The molecule has 6 rings (SSSR count). The lowest BCUT2D eigenvalue weighted by atomic mass is 10.1. The number of aromatic nitrogens is 7. The minimum Gasteiger partial charge on any atom is -0.278 e. The van der Waals surface area contributed by atoms with Crippen molar-refractivity contribution in [3.05, 3.63) is 89.5 Å². The minimum atomic E-state index is -0.441. The zero-order chi connectivity index (χ0) is 21.7. The Morgan fingerprint density at radius 2 is 1.94 bits per heavy atom. The molecule has 7 nitrogen and oxygen atoms in total. The standard InChI is InChI=1S/C23H15ClFN7/c24-18-5-1-14(9-19(18)25)13-31-22(7-8-27-31)15-3-6-20-23(10-15)32(30-29-20)17-4-2-16-12-26-28-21(16)11-17/h1-12H,13H2,(H,26,28). The Kier molecular flexibility index (Phi) is 4.26. The van der Waals surface area contributed by atoms with Gasteiger partial charge in [-0.1, -0.05) is 28.9 Å². The van der Waals surface area contributed by atoms with E-state index in [-0.39, 0.29) is 5.02 Å². The predicted octanol–water partition coefficient (Wildman–Crippen LogP) is 5.00. The van der Waals surface area contributed by atoms with Crippen LogP contribution >= 0.6 is 11.6 Å². The summed E-state index contributed by atoms with van der Waals surface area (Å²) in [7, 11) is 0. The van der Waals surface area contributed by atoms with Crippen LogP contribution in [0, 0.1) is 5.82 Å². The summed E-state index contributed by atoms with van der Waals surface area (Å²) in [5, 5.41) is 21.3. The average Bonchev–Trinajstić information content (AvgIpc) is 3.54. The molecular formula is C23H15ClFN7. The van der Waals surface area contributed by atoms with Crippen molar-refractivity contribution in [1.82, 2.24) is 35.0 Å². The Morgan fingerprint density at radius 3 is 2.84 bits per heavy atom. The van der Waals surface area contributed by atoms with Gasteiger partial charge in [0.05, 0.1) is 40.2 Å². The van der Waals surface area contributed by atoms with Crippen molar-refractivity contribution >= 4 is 33.5 Å². The first-order chi connectivity index (χ1) is 15.7. The van der Waals surface area contributed by atoms with Crippen LogP contribution in [-0.2, 0) is 6.54 Å². The fourth-order valence-electron chi connectivity index (χ4n) is 3.84. The van der Waals surface area contributed by atoms with Crippen molar-refractivity contribution in [3.63, 3.8) is 0 Å². The predicted molar refractivity (Wildman–Crippen MR) is 120 cm³/mol. The highest BCUT2D eigenvalue weighted by atomic mass is 35.5. The van der Waals surface area contributed by atoms with Crippen LogP contribution in [0.4, 0.5) is 4.39 Å². The normalized spacial score (nSPS) is 11.6. The van der Waals surface area contributed by atoms with Crippen molar-refractivity contribution < 1.29 is 4.39 Å². The highest BCUT2D eigenvalue weighted by Gasteiger charge is 2.13. The number of H-pyrrole nitrogens is 1. The Labute approximate surface area is 186 Å². The number of fused-ring (bicyclic) bond motifs is 2. The molecule has 0 aliphatic heterocycles. The molecular weight excluding hydrogens is 429 g/mol. The molecule has 3 heterocycles. The molecule has 0 radical (unpaired) electrons. The lowest BCUT2D eigenvalue weighted by Gasteiger charge is -2.09. The number of benzene rings is 3. The van der Waals surface area contributed by atoms with Gasteiger partial charge < -0.3 is 0 Å². The molecule has 3 aromatic heterocycles. The zero-order valence-electron chi connectivity index (χ0n) is 16.6. The van der Waals surface area contributed by atoms with Crippen LogP contribution in [0.25, 0.3) is 38.9 Å². The number of halogens is 2. The highest BCUT2D eigenvalue weighted by molar-refractivity contribution is 6.30. The fraction of sp³-hybridized carbons (Fsp3) is 0.0435. The molecule has 0 atom stereocenters. The maximum absolute atomic E-state index is 13.9. The van der Waals surface area contributed by atoms with E-state index < -0.39 is 5.82 Å². The van der Waals surface area contributed by atoms with Gasteiger partial charge in [-0.15, -0.1) is 5.10 Å². The van der Waals surface area contributed by atoms with E-state index in [4.69, 9.17) is 11.6 Å². The van der Waals surface area contributed by atoms with Gasteiger partial charge in [0.1, 0.15) is 11.3 Å². The second-order valence-corrected chi connectivity index (χ2v) is 7.88. The Morgan fingerprint density at radius 1 is 1.00 bits per heavy atom. The molecule has 0 saturated carbocycles. The van der Waals surface area contributed by atoms with E-state index in [1.165, 1.54) is 6.07 Å². The van der Waals surface area contributed by atoms with E-state index in [1.54, 1.807) is 29.2 Å². The zero-order valence-corrected chi connectivity index (χ0v) is 17.3. The first kappa shape index (κ1) is 18.7. The molecule has 0 unspecified atom stereocenters. The molecule has 9 heteroatoms. The molecule has 0 aliphatic carbocycles. The second-order valence-electron chi connectivity index (χ2n) is 7.47. The van der Waals surface area contributed by atoms with E-state index in [9.17, 15) is 4.39 Å². The summed E-state index contributed by atoms with van der Waals surface area (Å²) in [6, 6.07) is 18.6. The lowest BCUT2D eigenvalue weighted by Crippen LogP contribution is -2.04. The van der Waals surface area contributed by atoms with Crippen molar-refractivity contribution in [1.29, 1.82) is 0 Å². The molecule has 6 aromatic rings. The summed E-state index contributed by atoms with van der Waals surface area (Å²) in [6.45, 7) is 0.419. The molecule has 32 heavy (non-hydrogen) atoms. The summed E-state index contributed by atoms with van der Waals surface area (Å²) in [5.74, 6) is -0.441. The van der Waals surface area contributed by atoms with Crippen LogP contribution in [0.5, 0.6) is 0 Å². The third-order valence-electron chi connectivity index (χ3n) is 5.44. The van der Waals surface area contributed by atoms with Crippen molar-refractivity contribution in [2.45, 2.75) is 6.54 Å². The largest absolute Gasteiger partial charge is 0.278 e. The van der Waals surface area contributed by atoms with Crippen LogP contribution in [0.2, 0.25) is 5.02 Å². The van der Waals surface area contributed by atoms with Crippen LogP contribution < -0.4 is 0 Å².